The Kier molecular flexibility index (Phi) is 7.06. The topological polar surface area (TPSA) is 135 Å². The van der Waals surface area contributed by atoms with E-state index in [1.54, 1.807) is 17.2 Å². The number of hydrogen-bond acceptors (Lipinski definition) is 10. The van der Waals surface area contributed by atoms with Gasteiger partial charge >= 0.3 is 0 Å². The number of halogens is 1. The SMILES string of the molecule is O=S(=O)([O-])CCCN1/C(=C/c2sc3ccc4occc4c3[n+]2CCCS(=O)(=O)[O-])Sc2ccc(F)cc21. The zero-order chi connectivity index (χ0) is 26.4. The molecule has 3 heterocycles. The third-order valence-corrected chi connectivity index (χ3v) is 9.60. The summed E-state index contributed by atoms with van der Waals surface area (Å²) < 4.78 is 89.6. The number of fused-ring (bicyclic) bond motifs is 4. The van der Waals surface area contributed by atoms with Gasteiger partial charge in [0, 0.05) is 29.4 Å². The van der Waals surface area contributed by atoms with Crippen molar-refractivity contribution in [3.8, 4) is 0 Å². The number of thiazole rings is 1. The predicted molar refractivity (Wildman–Crippen MR) is 138 cm³/mol. The van der Waals surface area contributed by atoms with Crippen LogP contribution in [0.1, 0.15) is 17.8 Å². The number of nitrogens with zero attached hydrogens (tertiary/aromatic N) is 2. The fraction of sp³-hybridized carbons (Fsp3) is 0.261. The number of anilines is 1. The van der Waals surface area contributed by atoms with Crippen LogP contribution in [-0.2, 0) is 26.8 Å². The first-order valence-electron chi connectivity index (χ1n) is 11.1. The lowest BCUT2D eigenvalue weighted by Crippen LogP contribution is -2.36. The Morgan fingerprint density at radius 1 is 1.03 bits per heavy atom. The third kappa shape index (κ3) is 5.84. The molecule has 0 unspecified atom stereocenters. The van der Waals surface area contributed by atoms with Crippen molar-refractivity contribution < 1.29 is 39.3 Å². The normalized spacial score (nSPS) is 15.3. The largest absolute Gasteiger partial charge is 0.748 e. The maximum atomic E-state index is 14.1. The summed E-state index contributed by atoms with van der Waals surface area (Å²) in [7, 11) is -8.79. The van der Waals surface area contributed by atoms with Crippen LogP contribution in [0, 0.1) is 5.82 Å². The molecule has 0 N–H and O–H groups in total. The second-order valence-corrected chi connectivity index (χ2v) is 13.6. The van der Waals surface area contributed by atoms with Crippen molar-refractivity contribution in [2.75, 3.05) is 23.0 Å². The minimum absolute atomic E-state index is 0.0586. The molecule has 14 heteroatoms. The van der Waals surface area contributed by atoms with Crippen molar-refractivity contribution >= 4 is 76.3 Å². The molecule has 0 saturated carbocycles. The summed E-state index contributed by atoms with van der Waals surface area (Å²) in [4.78, 5) is 2.55. The van der Waals surface area contributed by atoms with Gasteiger partial charge in [0.25, 0.3) is 5.01 Å². The van der Waals surface area contributed by atoms with E-state index in [1.807, 2.05) is 28.8 Å². The Labute approximate surface area is 220 Å². The molecule has 9 nitrogen and oxygen atoms in total. The smallest absolute Gasteiger partial charge is 0.265 e. The Morgan fingerprint density at radius 3 is 2.54 bits per heavy atom. The molecule has 2 aromatic carbocycles. The van der Waals surface area contributed by atoms with E-state index in [9.17, 15) is 30.3 Å². The lowest BCUT2D eigenvalue weighted by molar-refractivity contribution is -0.667. The summed E-state index contributed by atoms with van der Waals surface area (Å²) >= 11 is 2.84. The number of aryl methyl sites for hydroxylation is 1. The van der Waals surface area contributed by atoms with Gasteiger partial charge in [-0.05, 0) is 42.8 Å². The van der Waals surface area contributed by atoms with Gasteiger partial charge in [0.1, 0.15) is 16.1 Å². The van der Waals surface area contributed by atoms with Crippen LogP contribution < -0.4 is 9.47 Å². The molecule has 2 aromatic heterocycles. The summed E-state index contributed by atoms with van der Waals surface area (Å²) in [5, 5.41) is 2.29. The minimum Gasteiger partial charge on any atom is -0.748 e. The Morgan fingerprint density at radius 2 is 1.78 bits per heavy atom. The number of rotatable bonds is 9. The number of hydrogen-bond donors (Lipinski definition) is 0. The molecule has 0 amide bonds. The van der Waals surface area contributed by atoms with Crippen molar-refractivity contribution in [1.82, 2.24) is 0 Å². The molecule has 0 radical (unpaired) electrons. The van der Waals surface area contributed by atoms with Gasteiger partial charge in [-0.1, -0.05) is 23.1 Å². The highest BCUT2D eigenvalue weighted by Crippen LogP contribution is 2.47. The maximum absolute atomic E-state index is 14.1. The van der Waals surface area contributed by atoms with Crippen LogP contribution in [0.3, 0.4) is 0 Å². The first kappa shape index (κ1) is 26.1. The van der Waals surface area contributed by atoms with Gasteiger partial charge in [0.15, 0.2) is 6.54 Å². The summed E-state index contributed by atoms with van der Waals surface area (Å²) in [6.07, 6.45) is 3.60. The van der Waals surface area contributed by atoms with Gasteiger partial charge in [-0.2, -0.15) is 4.57 Å². The molecule has 5 rings (SSSR count). The minimum atomic E-state index is -4.40. The summed E-state index contributed by atoms with van der Waals surface area (Å²) in [6, 6.07) is 9.91. The highest BCUT2D eigenvalue weighted by atomic mass is 32.2. The molecule has 0 atom stereocenters. The predicted octanol–water partition coefficient (Wildman–Crippen LogP) is 3.86. The van der Waals surface area contributed by atoms with E-state index in [0.29, 0.717) is 16.3 Å². The zero-order valence-electron chi connectivity index (χ0n) is 19.1. The van der Waals surface area contributed by atoms with Gasteiger partial charge in [0.2, 0.25) is 5.52 Å². The Balaban J connectivity index is 1.58. The van der Waals surface area contributed by atoms with Crippen molar-refractivity contribution in [3.05, 3.63) is 58.5 Å². The monoisotopic (exact) mass is 583 g/mol. The summed E-state index contributed by atoms with van der Waals surface area (Å²) in [6.45, 7) is 0.438. The van der Waals surface area contributed by atoms with Crippen molar-refractivity contribution in [2.24, 2.45) is 0 Å². The van der Waals surface area contributed by atoms with Gasteiger partial charge in [-0.3, -0.25) is 0 Å². The molecule has 0 fully saturated rings. The molecular weight excluding hydrogens is 564 g/mol. The number of furan rings is 1. The second-order valence-electron chi connectivity index (χ2n) is 8.42. The average Bonchev–Trinajstić information content (AvgIpc) is 3.48. The number of thioether (sulfide) groups is 1. The molecule has 196 valence electrons. The van der Waals surface area contributed by atoms with Crippen LogP contribution >= 0.6 is 23.1 Å². The van der Waals surface area contributed by atoms with E-state index in [-0.39, 0.29) is 25.9 Å². The maximum Gasteiger partial charge on any atom is 0.265 e. The van der Waals surface area contributed by atoms with E-state index < -0.39 is 37.6 Å². The Bertz CT molecular complexity index is 1740. The quantitative estimate of drug-likeness (QED) is 0.213. The highest BCUT2D eigenvalue weighted by molar-refractivity contribution is 8.04. The van der Waals surface area contributed by atoms with Gasteiger partial charge < -0.3 is 18.4 Å². The molecule has 1 aliphatic rings. The highest BCUT2D eigenvalue weighted by Gasteiger charge is 2.29. The van der Waals surface area contributed by atoms with Crippen LogP contribution in [0.25, 0.3) is 27.3 Å². The molecule has 0 spiro atoms. The van der Waals surface area contributed by atoms with E-state index in [1.165, 1.54) is 35.2 Å². The van der Waals surface area contributed by atoms with Crippen molar-refractivity contribution in [1.29, 1.82) is 0 Å². The van der Waals surface area contributed by atoms with Crippen molar-refractivity contribution in [3.63, 3.8) is 0 Å². The lowest BCUT2D eigenvalue weighted by Gasteiger charge is -2.20. The average molecular weight is 584 g/mol. The van der Waals surface area contributed by atoms with E-state index in [2.05, 4.69) is 0 Å². The van der Waals surface area contributed by atoms with E-state index in [0.717, 1.165) is 25.5 Å². The molecule has 1 aliphatic heterocycles. The molecule has 0 aliphatic carbocycles. The molecular formula is C23H20FN2O7S4-. The Hall–Kier alpha value is -2.49. The first-order valence-corrected chi connectivity index (χ1v) is 15.9. The zero-order valence-corrected chi connectivity index (χ0v) is 22.4. The first-order chi connectivity index (χ1) is 17.5. The summed E-state index contributed by atoms with van der Waals surface area (Å²) in [5.74, 6) is -1.50. The van der Waals surface area contributed by atoms with Crippen LogP contribution in [0.2, 0.25) is 0 Å². The molecule has 4 aromatic rings. The fourth-order valence-electron chi connectivity index (χ4n) is 4.29. The van der Waals surface area contributed by atoms with Gasteiger partial charge in [-0.15, -0.1) is 0 Å². The fourth-order valence-corrected chi connectivity index (χ4v) is 7.58. The van der Waals surface area contributed by atoms with Gasteiger partial charge in [0.05, 0.1) is 48.7 Å². The number of benzene rings is 2. The number of aromatic nitrogens is 1. The standard InChI is InChI=1S/C23H21FN2O7S4/c24-15-3-5-19-17(13-15)25(8-1-11-36(27,28)29)21(34-19)14-22-26(9-2-12-37(30,31)32)23-16-7-10-33-18(16)4-6-20(23)35-22/h3-7,10,13-14H,1-2,8-9,11-12H2,(H-,27,28,29,30,31,32)/p-1. The van der Waals surface area contributed by atoms with Crippen molar-refractivity contribution in [2.45, 2.75) is 24.3 Å². The second kappa shape index (κ2) is 10.0. The van der Waals surface area contributed by atoms with Crippen LogP contribution in [-0.4, -0.2) is 44.0 Å². The lowest BCUT2D eigenvalue weighted by atomic mass is 10.2. The van der Waals surface area contributed by atoms with E-state index >= 15 is 0 Å². The van der Waals surface area contributed by atoms with E-state index in [4.69, 9.17) is 4.42 Å². The van der Waals surface area contributed by atoms with Crippen LogP contribution in [0.5, 0.6) is 0 Å². The molecule has 0 bridgehead atoms. The van der Waals surface area contributed by atoms with Crippen LogP contribution in [0.4, 0.5) is 10.1 Å². The molecule has 0 saturated heterocycles. The summed E-state index contributed by atoms with van der Waals surface area (Å²) in [5.41, 5.74) is 2.07. The van der Waals surface area contributed by atoms with Gasteiger partial charge in [-0.25, -0.2) is 21.2 Å². The third-order valence-electron chi connectivity index (χ3n) is 5.81. The molecule has 37 heavy (non-hydrogen) atoms. The van der Waals surface area contributed by atoms with Crippen LogP contribution in [0.15, 0.2) is 57.0 Å².